The molecule has 0 aliphatic rings. The van der Waals surface area contributed by atoms with Crippen LogP contribution >= 0.6 is 0 Å². The Morgan fingerprint density at radius 2 is 1.68 bits per heavy atom. The fraction of sp³-hybridized carbons (Fsp3) is 0.381. The van der Waals surface area contributed by atoms with E-state index in [1.807, 2.05) is 48.5 Å². The number of benzene rings is 2. The smallest absolute Gasteiger partial charge is 0.262 e. The van der Waals surface area contributed by atoms with Gasteiger partial charge in [-0.2, -0.15) is 0 Å². The van der Waals surface area contributed by atoms with E-state index in [-0.39, 0.29) is 12.5 Å². The topological polar surface area (TPSA) is 47.6 Å². The molecule has 4 heteroatoms. The summed E-state index contributed by atoms with van der Waals surface area (Å²) >= 11 is 0. The summed E-state index contributed by atoms with van der Waals surface area (Å²) in [6.45, 7) is 9.09. The largest absolute Gasteiger partial charge is 0.493 e. The quantitative estimate of drug-likeness (QED) is 0.746. The average Bonchev–Trinajstić information content (AvgIpc) is 2.59. The van der Waals surface area contributed by atoms with E-state index in [1.54, 1.807) is 0 Å². The van der Waals surface area contributed by atoms with Gasteiger partial charge in [-0.3, -0.25) is 4.79 Å². The molecule has 0 spiro atoms. The zero-order valence-corrected chi connectivity index (χ0v) is 15.4. The van der Waals surface area contributed by atoms with Crippen molar-refractivity contribution in [3.05, 3.63) is 54.1 Å². The molecule has 4 nitrogen and oxygen atoms in total. The first-order valence-electron chi connectivity index (χ1n) is 8.69. The highest BCUT2D eigenvalue weighted by Crippen LogP contribution is 2.20. The van der Waals surface area contributed by atoms with Crippen molar-refractivity contribution in [2.45, 2.75) is 33.6 Å². The fourth-order valence-electron chi connectivity index (χ4n) is 2.22. The van der Waals surface area contributed by atoms with Crippen molar-refractivity contribution in [2.24, 2.45) is 5.92 Å². The molecule has 0 radical (unpaired) electrons. The number of anilines is 1. The molecule has 0 heterocycles. The predicted molar refractivity (Wildman–Crippen MR) is 101 cm³/mol. The molecule has 0 saturated heterocycles. The van der Waals surface area contributed by atoms with Crippen molar-refractivity contribution in [2.75, 3.05) is 18.5 Å². The number of carbonyl (C=O) groups is 1. The molecule has 2 rings (SSSR count). The van der Waals surface area contributed by atoms with Crippen molar-refractivity contribution in [1.29, 1.82) is 0 Å². The van der Waals surface area contributed by atoms with Crippen LogP contribution in [0.4, 0.5) is 5.69 Å². The maximum Gasteiger partial charge on any atom is 0.262 e. The van der Waals surface area contributed by atoms with Gasteiger partial charge in [-0.05, 0) is 41.7 Å². The summed E-state index contributed by atoms with van der Waals surface area (Å²) < 4.78 is 11.2. The van der Waals surface area contributed by atoms with Gasteiger partial charge in [-0.15, -0.1) is 0 Å². The zero-order chi connectivity index (χ0) is 18.2. The maximum absolute atomic E-state index is 12.1. The molecule has 0 saturated carbocycles. The van der Waals surface area contributed by atoms with Gasteiger partial charge in [0.25, 0.3) is 5.91 Å². The molecule has 1 amide bonds. The zero-order valence-electron chi connectivity index (χ0n) is 15.4. The summed E-state index contributed by atoms with van der Waals surface area (Å²) in [6.07, 6.45) is 0. The van der Waals surface area contributed by atoms with E-state index in [2.05, 4.69) is 33.0 Å². The predicted octanol–water partition coefficient (Wildman–Crippen LogP) is 4.86. The molecule has 134 valence electrons. The summed E-state index contributed by atoms with van der Waals surface area (Å²) in [5, 5.41) is 2.83. The summed E-state index contributed by atoms with van der Waals surface area (Å²) in [6, 6.07) is 15.2. The van der Waals surface area contributed by atoms with Crippen LogP contribution < -0.4 is 14.8 Å². The lowest BCUT2D eigenvalue weighted by molar-refractivity contribution is -0.118. The second-order valence-electron chi connectivity index (χ2n) is 6.79. The fourth-order valence-corrected chi connectivity index (χ4v) is 2.22. The van der Waals surface area contributed by atoms with Crippen molar-refractivity contribution in [3.63, 3.8) is 0 Å². The number of ether oxygens (including phenoxy) is 2. The van der Waals surface area contributed by atoms with Crippen LogP contribution in [-0.2, 0) is 4.79 Å². The van der Waals surface area contributed by atoms with Gasteiger partial charge in [-0.25, -0.2) is 0 Å². The first-order valence-corrected chi connectivity index (χ1v) is 8.69. The SMILES string of the molecule is CC(C)COc1cccc(NC(=O)COc2ccc(C(C)C)cc2)c1. The van der Waals surface area contributed by atoms with E-state index >= 15 is 0 Å². The summed E-state index contributed by atoms with van der Waals surface area (Å²) in [7, 11) is 0. The molecule has 0 aliphatic heterocycles. The molecular formula is C21H27NO3. The van der Waals surface area contributed by atoms with Crippen LogP contribution in [0.3, 0.4) is 0 Å². The third-order valence-corrected chi connectivity index (χ3v) is 3.62. The highest BCUT2D eigenvalue weighted by atomic mass is 16.5. The lowest BCUT2D eigenvalue weighted by Crippen LogP contribution is -2.20. The summed E-state index contributed by atoms with van der Waals surface area (Å²) in [5.41, 5.74) is 1.94. The molecule has 25 heavy (non-hydrogen) atoms. The van der Waals surface area contributed by atoms with Crippen LogP contribution in [0.2, 0.25) is 0 Å². The van der Waals surface area contributed by atoms with Gasteiger partial charge in [0.1, 0.15) is 11.5 Å². The Morgan fingerprint density at radius 1 is 0.960 bits per heavy atom. The Kier molecular flexibility index (Phi) is 6.87. The first kappa shape index (κ1) is 18.8. The van der Waals surface area contributed by atoms with E-state index in [4.69, 9.17) is 9.47 Å². The van der Waals surface area contributed by atoms with Gasteiger partial charge in [0.2, 0.25) is 0 Å². The molecule has 2 aromatic rings. The number of carbonyl (C=O) groups excluding carboxylic acids is 1. The summed E-state index contributed by atoms with van der Waals surface area (Å²) in [5.74, 6) is 2.16. The Bertz CT molecular complexity index is 678. The lowest BCUT2D eigenvalue weighted by atomic mass is 10.0. The van der Waals surface area contributed by atoms with Crippen molar-refractivity contribution < 1.29 is 14.3 Å². The number of nitrogens with one attached hydrogen (secondary N) is 1. The van der Waals surface area contributed by atoms with Gasteiger partial charge < -0.3 is 14.8 Å². The van der Waals surface area contributed by atoms with E-state index in [1.165, 1.54) is 5.56 Å². The van der Waals surface area contributed by atoms with Crippen molar-refractivity contribution in [3.8, 4) is 11.5 Å². The number of hydrogen-bond acceptors (Lipinski definition) is 3. The average molecular weight is 341 g/mol. The van der Waals surface area contributed by atoms with E-state index in [0.29, 0.717) is 29.9 Å². The highest BCUT2D eigenvalue weighted by Gasteiger charge is 2.06. The van der Waals surface area contributed by atoms with Gasteiger partial charge in [0.15, 0.2) is 6.61 Å². The standard InChI is InChI=1S/C21H27NO3/c1-15(2)13-24-20-7-5-6-18(12-20)22-21(23)14-25-19-10-8-17(9-11-19)16(3)4/h5-12,15-16H,13-14H2,1-4H3,(H,22,23). The molecule has 0 fully saturated rings. The first-order chi connectivity index (χ1) is 11.9. The van der Waals surface area contributed by atoms with Crippen LogP contribution in [0, 0.1) is 5.92 Å². The van der Waals surface area contributed by atoms with Crippen LogP contribution in [0.1, 0.15) is 39.2 Å². The van der Waals surface area contributed by atoms with Crippen LogP contribution in [0.5, 0.6) is 11.5 Å². The summed E-state index contributed by atoms with van der Waals surface area (Å²) in [4.78, 5) is 12.1. The Balaban J connectivity index is 1.84. The Labute approximate surface area is 150 Å². The van der Waals surface area contributed by atoms with Gasteiger partial charge in [0, 0.05) is 11.8 Å². The molecule has 2 aromatic carbocycles. The van der Waals surface area contributed by atoms with Crippen LogP contribution in [-0.4, -0.2) is 19.1 Å². The molecule has 0 atom stereocenters. The Hall–Kier alpha value is -2.49. The minimum absolute atomic E-state index is 0.0297. The number of hydrogen-bond donors (Lipinski definition) is 1. The minimum Gasteiger partial charge on any atom is -0.493 e. The van der Waals surface area contributed by atoms with Gasteiger partial charge in [0.05, 0.1) is 6.61 Å². The Morgan fingerprint density at radius 3 is 2.32 bits per heavy atom. The molecule has 0 unspecified atom stereocenters. The molecule has 1 N–H and O–H groups in total. The monoisotopic (exact) mass is 341 g/mol. The van der Waals surface area contributed by atoms with Crippen molar-refractivity contribution >= 4 is 11.6 Å². The van der Waals surface area contributed by atoms with Crippen LogP contribution in [0.25, 0.3) is 0 Å². The van der Waals surface area contributed by atoms with E-state index < -0.39 is 0 Å². The molecule has 0 bridgehead atoms. The third kappa shape index (κ3) is 6.49. The molecule has 0 aliphatic carbocycles. The highest BCUT2D eigenvalue weighted by molar-refractivity contribution is 5.92. The second-order valence-corrected chi connectivity index (χ2v) is 6.79. The van der Waals surface area contributed by atoms with Crippen molar-refractivity contribution in [1.82, 2.24) is 0 Å². The van der Waals surface area contributed by atoms with Gasteiger partial charge >= 0.3 is 0 Å². The minimum atomic E-state index is -0.200. The van der Waals surface area contributed by atoms with Crippen LogP contribution in [0.15, 0.2) is 48.5 Å². The molecule has 0 aromatic heterocycles. The van der Waals surface area contributed by atoms with E-state index in [0.717, 1.165) is 5.75 Å². The van der Waals surface area contributed by atoms with E-state index in [9.17, 15) is 4.79 Å². The number of amides is 1. The maximum atomic E-state index is 12.1. The lowest BCUT2D eigenvalue weighted by Gasteiger charge is -2.11. The normalized spacial score (nSPS) is 10.8. The second kappa shape index (κ2) is 9.11. The molecular weight excluding hydrogens is 314 g/mol. The third-order valence-electron chi connectivity index (χ3n) is 3.62. The number of rotatable bonds is 8. The van der Waals surface area contributed by atoms with Gasteiger partial charge in [-0.1, -0.05) is 45.9 Å².